The molecule has 1 N–H and O–H groups in total. The van der Waals surface area contributed by atoms with Gasteiger partial charge in [0.2, 0.25) is 0 Å². The molecule has 0 saturated carbocycles. The number of hydrogen-bond donors (Lipinski definition) is 1. The number of benzene rings is 1. The lowest BCUT2D eigenvalue weighted by Gasteiger charge is -1.99. The van der Waals surface area contributed by atoms with Gasteiger partial charge in [0.05, 0.1) is 12.8 Å². The Morgan fingerprint density at radius 2 is 2.00 bits per heavy atom. The van der Waals surface area contributed by atoms with Crippen molar-refractivity contribution < 1.29 is 4.74 Å². The Kier molecular flexibility index (Phi) is 4.70. The Labute approximate surface area is 135 Å². The van der Waals surface area contributed by atoms with Crippen LogP contribution < -0.4 is 4.74 Å². The van der Waals surface area contributed by atoms with Crippen LogP contribution in [0.3, 0.4) is 0 Å². The van der Waals surface area contributed by atoms with E-state index in [1.165, 1.54) is 0 Å². The second-order valence-electron chi connectivity index (χ2n) is 5.02. The van der Waals surface area contributed by atoms with Crippen molar-refractivity contribution in [2.45, 2.75) is 12.8 Å². The highest BCUT2D eigenvalue weighted by atomic mass is 16.5. The summed E-state index contributed by atoms with van der Waals surface area (Å²) in [6, 6.07) is 15.7. The average Bonchev–Trinajstić information content (AvgIpc) is 3.09. The van der Waals surface area contributed by atoms with Crippen LogP contribution in [0.4, 0.5) is 0 Å². The number of rotatable bonds is 4. The molecule has 0 fully saturated rings. The van der Waals surface area contributed by atoms with Gasteiger partial charge in [-0.25, -0.2) is 4.98 Å². The van der Waals surface area contributed by atoms with Gasteiger partial charge in [0, 0.05) is 30.3 Å². The van der Waals surface area contributed by atoms with Crippen LogP contribution in [0.5, 0.6) is 5.75 Å². The molecule has 2 aromatic heterocycles. The number of H-pyrrole nitrogens is 1. The molecule has 0 aliphatic rings. The van der Waals surface area contributed by atoms with Crippen molar-refractivity contribution in [3.63, 3.8) is 0 Å². The van der Waals surface area contributed by atoms with Crippen LogP contribution in [0.1, 0.15) is 17.8 Å². The summed E-state index contributed by atoms with van der Waals surface area (Å²) in [5.41, 5.74) is 3.87. The first-order valence-corrected chi connectivity index (χ1v) is 7.44. The molecule has 0 aliphatic heterocycles. The maximum atomic E-state index is 5.16. The molecule has 0 bridgehead atoms. The highest BCUT2D eigenvalue weighted by molar-refractivity contribution is 5.60. The van der Waals surface area contributed by atoms with Gasteiger partial charge >= 0.3 is 0 Å². The third kappa shape index (κ3) is 3.98. The second kappa shape index (κ2) is 7.28. The first kappa shape index (κ1) is 14.9. The third-order valence-corrected chi connectivity index (χ3v) is 3.42. The number of hydrogen-bond acceptors (Lipinski definition) is 3. The summed E-state index contributed by atoms with van der Waals surface area (Å²) in [6.07, 6.45) is 3.35. The molecule has 4 nitrogen and oxygen atoms in total. The fourth-order valence-electron chi connectivity index (χ4n) is 2.19. The van der Waals surface area contributed by atoms with Crippen LogP contribution in [0.15, 0.2) is 54.7 Å². The average molecular weight is 303 g/mol. The molecule has 3 aromatic rings. The molecular weight excluding hydrogens is 286 g/mol. The quantitative estimate of drug-likeness (QED) is 0.751. The topological polar surface area (TPSA) is 50.8 Å². The van der Waals surface area contributed by atoms with Gasteiger partial charge in [-0.2, -0.15) is 5.10 Å². The van der Waals surface area contributed by atoms with Crippen LogP contribution in [-0.4, -0.2) is 22.3 Å². The summed E-state index contributed by atoms with van der Waals surface area (Å²) in [5, 5.41) is 7.42. The van der Waals surface area contributed by atoms with Gasteiger partial charge in [-0.3, -0.25) is 5.10 Å². The lowest BCUT2D eigenvalue weighted by atomic mass is 10.1. The maximum absolute atomic E-state index is 5.16. The Hall–Kier alpha value is -3.06. The maximum Gasteiger partial charge on any atom is 0.118 e. The van der Waals surface area contributed by atoms with Gasteiger partial charge in [0.1, 0.15) is 11.4 Å². The van der Waals surface area contributed by atoms with E-state index in [1.807, 2.05) is 42.5 Å². The molecule has 0 radical (unpaired) electrons. The number of aromatic nitrogens is 3. The first-order valence-electron chi connectivity index (χ1n) is 7.44. The molecule has 114 valence electrons. The van der Waals surface area contributed by atoms with E-state index < -0.39 is 0 Å². The summed E-state index contributed by atoms with van der Waals surface area (Å²) < 4.78 is 5.16. The number of aromatic amines is 1. The third-order valence-electron chi connectivity index (χ3n) is 3.42. The fourth-order valence-corrected chi connectivity index (χ4v) is 2.19. The largest absolute Gasteiger partial charge is 0.497 e. The Morgan fingerprint density at radius 1 is 1.13 bits per heavy atom. The minimum Gasteiger partial charge on any atom is -0.497 e. The van der Waals surface area contributed by atoms with Crippen molar-refractivity contribution in [2.75, 3.05) is 7.11 Å². The molecule has 23 heavy (non-hydrogen) atoms. The minimum absolute atomic E-state index is 0.765. The molecule has 0 amide bonds. The molecule has 0 spiro atoms. The summed E-state index contributed by atoms with van der Waals surface area (Å²) in [4.78, 5) is 4.18. The normalized spacial score (nSPS) is 9.96. The van der Waals surface area contributed by atoms with Crippen LogP contribution in [0.25, 0.3) is 11.3 Å². The van der Waals surface area contributed by atoms with Gasteiger partial charge < -0.3 is 4.74 Å². The van der Waals surface area contributed by atoms with Gasteiger partial charge in [-0.05, 0) is 48.4 Å². The zero-order valence-electron chi connectivity index (χ0n) is 12.9. The van der Waals surface area contributed by atoms with E-state index in [-0.39, 0.29) is 0 Å². The van der Waals surface area contributed by atoms with E-state index in [1.54, 1.807) is 13.3 Å². The van der Waals surface area contributed by atoms with E-state index in [0.717, 1.165) is 41.2 Å². The number of nitrogens with one attached hydrogen (secondary N) is 1. The Balaban J connectivity index is 1.60. The molecule has 0 saturated heterocycles. The van der Waals surface area contributed by atoms with Crippen molar-refractivity contribution in [1.82, 2.24) is 15.2 Å². The van der Waals surface area contributed by atoms with Crippen molar-refractivity contribution >= 4 is 0 Å². The first-order chi connectivity index (χ1) is 11.3. The van der Waals surface area contributed by atoms with E-state index in [4.69, 9.17) is 4.74 Å². The van der Waals surface area contributed by atoms with Crippen molar-refractivity contribution in [3.8, 4) is 28.8 Å². The van der Waals surface area contributed by atoms with E-state index >= 15 is 0 Å². The molecular formula is C19H17N3O. The molecule has 2 heterocycles. The molecule has 0 atom stereocenters. The zero-order chi connectivity index (χ0) is 15.9. The summed E-state index contributed by atoms with van der Waals surface area (Å²) in [7, 11) is 1.66. The molecule has 0 unspecified atom stereocenters. The predicted octanol–water partition coefficient (Wildman–Crippen LogP) is 3.46. The van der Waals surface area contributed by atoms with Crippen LogP contribution in [0.2, 0.25) is 0 Å². The summed E-state index contributed by atoms with van der Waals surface area (Å²) in [5.74, 6) is 7.04. The lowest BCUT2D eigenvalue weighted by Crippen LogP contribution is -1.84. The van der Waals surface area contributed by atoms with E-state index in [2.05, 4.69) is 33.1 Å². The lowest BCUT2D eigenvalue weighted by molar-refractivity contribution is 0.415. The van der Waals surface area contributed by atoms with Crippen molar-refractivity contribution in [2.24, 2.45) is 0 Å². The Morgan fingerprint density at radius 3 is 2.74 bits per heavy atom. The van der Waals surface area contributed by atoms with Gasteiger partial charge in [-0.1, -0.05) is 12.0 Å². The SMILES string of the molecule is COc1ccc(-c2cc(CCC#Cc3ccccn3)[nH]n2)cc1. The number of pyridine rings is 1. The van der Waals surface area contributed by atoms with Crippen LogP contribution >= 0.6 is 0 Å². The smallest absolute Gasteiger partial charge is 0.118 e. The van der Waals surface area contributed by atoms with Gasteiger partial charge in [-0.15, -0.1) is 0 Å². The summed E-state index contributed by atoms with van der Waals surface area (Å²) >= 11 is 0. The number of ether oxygens (including phenoxy) is 1. The molecule has 3 rings (SSSR count). The second-order valence-corrected chi connectivity index (χ2v) is 5.02. The summed E-state index contributed by atoms with van der Waals surface area (Å²) in [6.45, 7) is 0. The minimum atomic E-state index is 0.765. The standard InChI is InChI=1S/C19H17N3O/c1-23-18-11-9-15(10-12-18)19-14-17(21-22-19)8-3-2-6-16-7-4-5-13-20-16/h4-5,7,9-14H,3,8H2,1H3,(H,21,22). The van der Waals surface area contributed by atoms with E-state index in [9.17, 15) is 0 Å². The number of methoxy groups -OCH3 is 1. The Bertz CT molecular complexity index is 811. The monoisotopic (exact) mass is 303 g/mol. The van der Waals surface area contributed by atoms with Crippen LogP contribution in [0, 0.1) is 11.8 Å². The zero-order valence-corrected chi connectivity index (χ0v) is 12.9. The van der Waals surface area contributed by atoms with Gasteiger partial charge in [0.25, 0.3) is 0 Å². The molecule has 1 aromatic carbocycles. The molecule has 4 heteroatoms. The van der Waals surface area contributed by atoms with Gasteiger partial charge in [0.15, 0.2) is 0 Å². The molecule has 0 aliphatic carbocycles. The van der Waals surface area contributed by atoms with Crippen molar-refractivity contribution in [3.05, 3.63) is 66.1 Å². The van der Waals surface area contributed by atoms with Crippen molar-refractivity contribution in [1.29, 1.82) is 0 Å². The fraction of sp³-hybridized carbons (Fsp3) is 0.158. The number of aryl methyl sites for hydroxylation is 1. The van der Waals surface area contributed by atoms with Crippen LogP contribution in [-0.2, 0) is 6.42 Å². The van der Waals surface area contributed by atoms with E-state index in [0.29, 0.717) is 0 Å². The predicted molar refractivity (Wildman–Crippen MR) is 90.0 cm³/mol. The highest BCUT2D eigenvalue weighted by Crippen LogP contribution is 2.21. The highest BCUT2D eigenvalue weighted by Gasteiger charge is 2.03. The number of nitrogens with zero attached hydrogens (tertiary/aromatic N) is 2.